The summed E-state index contributed by atoms with van der Waals surface area (Å²) in [5, 5.41) is 3.70. The number of hydrogen-bond donors (Lipinski definition) is 1. The van der Waals surface area contributed by atoms with Crippen molar-refractivity contribution in [2.45, 2.75) is 0 Å². The Morgan fingerprint density at radius 3 is 3.07 bits per heavy atom. The molecule has 0 saturated heterocycles. The highest BCUT2D eigenvalue weighted by Crippen LogP contribution is 2.25. The monoisotopic (exact) mass is 294 g/mol. The number of rotatable bonds is 0. The quantitative estimate of drug-likeness (QED) is 0.633. The topological polar surface area (TPSA) is 28.7 Å². The Kier molecular flexibility index (Phi) is 1.73. The fraction of sp³-hybridized carbons (Fsp3) is 0. The third-order valence-electron chi connectivity index (χ3n) is 2.39. The smallest absolute Gasteiger partial charge is 0.0471 e. The molecular weight excluding hydrogens is 287 g/mol. The fourth-order valence-corrected chi connectivity index (χ4v) is 2.27. The van der Waals surface area contributed by atoms with Crippen molar-refractivity contribution in [3.63, 3.8) is 0 Å². The van der Waals surface area contributed by atoms with Gasteiger partial charge in [-0.3, -0.25) is 4.98 Å². The maximum Gasteiger partial charge on any atom is 0.0471 e. The lowest BCUT2D eigenvalue weighted by Gasteiger charge is -1.97. The van der Waals surface area contributed by atoms with E-state index in [0.717, 1.165) is 0 Å². The first-order chi connectivity index (χ1) is 6.84. The largest absolute Gasteiger partial charge is 0.360 e. The Hall–Kier alpha value is -1.10. The zero-order valence-electron chi connectivity index (χ0n) is 7.29. The minimum Gasteiger partial charge on any atom is -0.360 e. The van der Waals surface area contributed by atoms with Gasteiger partial charge in [0.1, 0.15) is 0 Å². The third kappa shape index (κ3) is 1.12. The standard InChI is InChI=1S/C11H7IN2/c12-10-6-14-11-4-8-5-13-2-1-7(8)3-9(10)11/h1-6,14H. The zero-order valence-corrected chi connectivity index (χ0v) is 9.45. The van der Waals surface area contributed by atoms with Crippen molar-refractivity contribution < 1.29 is 0 Å². The van der Waals surface area contributed by atoms with Crippen molar-refractivity contribution in [3.05, 3.63) is 40.4 Å². The summed E-state index contributed by atoms with van der Waals surface area (Å²) in [7, 11) is 0. The second-order valence-electron chi connectivity index (χ2n) is 3.26. The second kappa shape index (κ2) is 2.95. The molecular formula is C11H7IN2. The van der Waals surface area contributed by atoms with Crippen LogP contribution in [0.1, 0.15) is 0 Å². The van der Waals surface area contributed by atoms with Crippen LogP contribution in [0, 0.1) is 3.57 Å². The molecule has 0 fully saturated rings. The first-order valence-corrected chi connectivity index (χ1v) is 5.43. The highest BCUT2D eigenvalue weighted by Gasteiger charge is 2.02. The van der Waals surface area contributed by atoms with Gasteiger partial charge in [0.25, 0.3) is 0 Å². The molecule has 0 saturated carbocycles. The van der Waals surface area contributed by atoms with Crippen molar-refractivity contribution in [2.24, 2.45) is 0 Å². The number of nitrogens with zero attached hydrogens (tertiary/aromatic N) is 1. The summed E-state index contributed by atoms with van der Waals surface area (Å²) in [4.78, 5) is 7.36. The lowest BCUT2D eigenvalue weighted by atomic mass is 10.1. The molecule has 0 aliphatic heterocycles. The van der Waals surface area contributed by atoms with Crippen LogP contribution >= 0.6 is 22.6 Å². The van der Waals surface area contributed by atoms with E-state index < -0.39 is 0 Å². The van der Waals surface area contributed by atoms with Crippen LogP contribution in [0.25, 0.3) is 21.7 Å². The van der Waals surface area contributed by atoms with Gasteiger partial charge in [-0.2, -0.15) is 0 Å². The van der Waals surface area contributed by atoms with Crippen LogP contribution in [0.2, 0.25) is 0 Å². The molecule has 3 aromatic rings. The van der Waals surface area contributed by atoms with Crippen molar-refractivity contribution in [2.75, 3.05) is 0 Å². The molecule has 3 rings (SSSR count). The number of aromatic amines is 1. The van der Waals surface area contributed by atoms with Crippen molar-refractivity contribution in [1.82, 2.24) is 9.97 Å². The number of H-pyrrole nitrogens is 1. The number of fused-ring (bicyclic) bond motifs is 2. The normalized spacial score (nSPS) is 11.2. The van der Waals surface area contributed by atoms with E-state index in [0.29, 0.717) is 0 Å². The molecule has 2 heterocycles. The molecule has 1 N–H and O–H groups in total. The summed E-state index contributed by atoms with van der Waals surface area (Å²) in [6.45, 7) is 0. The zero-order chi connectivity index (χ0) is 9.54. The number of nitrogens with one attached hydrogen (secondary N) is 1. The van der Waals surface area contributed by atoms with Gasteiger partial charge in [0.2, 0.25) is 0 Å². The molecule has 2 nitrogen and oxygen atoms in total. The Balaban J connectivity index is 2.54. The predicted molar refractivity (Wildman–Crippen MR) is 66.3 cm³/mol. The molecule has 14 heavy (non-hydrogen) atoms. The lowest BCUT2D eigenvalue weighted by Crippen LogP contribution is -1.76. The molecule has 0 bridgehead atoms. The second-order valence-corrected chi connectivity index (χ2v) is 4.42. The average Bonchev–Trinajstić information content (AvgIpc) is 2.57. The van der Waals surface area contributed by atoms with Crippen LogP contribution < -0.4 is 0 Å². The Bertz CT molecular complexity index is 613. The molecule has 0 spiro atoms. The van der Waals surface area contributed by atoms with Gasteiger partial charge in [0, 0.05) is 38.4 Å². The highest BCUT2D eigenvalue weighted by atomic mass is 127. The summed E-state index contributed by atoms with van der Waals surface area (Å²) in [6, 6.07) is 6.38. The molecule has 0 radical (unpaired) electrons. The fourth-order valence-electron chi connectivity index (χ4n) is 1.67. The van der Waals surface area contributed by atoms with E-state index in [2.05, 4.69) is 44.7 Å². The van der Waals surface area contributed by atoms with Gasteiger partial charge in [-0.1, -0.05) is 0 Å². The van der Waals surface area contributed by atoms with Gasteiger partial charge in [-0.05, 0) is 46.2 Å². The van der Waals surface area contributed by atoms with E-state index in [1.54, 1.807) is 0 Å². The number of aromatic nitrogens is 2. The van der Waals surface area contributed by atoms with Crippen LogP contribution in [0.5, 0.6) is 0 Å². The van der Waals surface area contributed by atoms with Gasteiger partial charge in [-0.15, -0.1) is 0 Å². The Labute approximate surface area is 94.5 Å². The summed E-state index contributed by atoms with van der Waals surface area (Å²) in [5.74, 6) is 0. The first kappa shape index (κ1) is 8.23. The summed E-state index contributed by atoms with van der Waals surface area (Å²) >= 11 is 2.34. The maximum atomic E-state index is 4.11. The number of hydrogen-bond acceptors (Lipinski definition) is 1. The number of benzene rings is 1. The van der Waals surface area contributed by atoms with Crippen molar-refractivity contribution >= 4 is 44.3 Å². The summed E-state index contributed by atoms with van der Waals surface area (Å²) in [5.41, 5.74) is 1.18. The third-order valence-corrected chi connectivity index (χ3v) is 3.28. The molecule has 2 aromatic heterocycles. The van der Waals surface area contributed by atoms with Crippen LogP contribution in [0.3, 0.4) is 0 Å². The molecule has 0 aliphatic carbocycles. The van der Waals surface area contributed by atoms with E-state index >= 15 is 0 Å². The molecule has 1 aromatic carbocycles. The van der Waals surface area contributed by atoms with E-state index in [1.807, 2.05) is 24.7 Å². The van der Waals surface area contributed by atoms with Gasteiger partial charge in [0.15, 0.2) is 0 Å². The van der Waals surface area contributed by atoms with Gasteiger partial charge >= 0.3 is 0 Å². The molecule has 3 heteroatoms. The Morgan fingerprint density at radius 1 is 1.21 bits per heavy atom. The lowest BCUT2D eigenvalue weighted by molar-refractivity contribution is 1.36. The van der Waals surface area contributed by atoms with Gasteiger partial charge in [0.05, 0.1) is 0 Å². The average molecular weight is 294 g/mol. The van der Waals surface area contributed by atoms with Crippen LogP contribution in [-0.2, 0) is 0 Å². The van der Waals surface area contributed by atoms with Gasteiger partial charge in [-0.25, -0.2) is 0 Å². The van der Waals surface area contributed by atoms with Crippen LogP contribution in [0.15, 0.2) is 36.8 Å². The van der Waals surface area contributed by atoms with E-state index in [9.17, 15) is 0 Å². The number of halogens is 1. The number of pyridine rings is 1. The van der Waals surface area contributed by atoms with Crippen molar-refractivity contribution in [1.29, 1.82) is 0 Å². The van der Waals surface area contributed by atoms with E-state index in [4.69, 9.17) is 0 Å². The summed E-state index contributed by atoms with van der Waals surface area (Å²) < 4.78 is 1.26. The van der Waals surface area contributed by atoms with E-state index in [1.165, 1.54) is 25.2 Å². The van der Waals surface area contributed by atoms with E-state index in [-0.39, 0.29) is 0 Å². The maximum absolute atomic E-state index is 4.11. The minimum absolute atomic E-state index is 1.18. The highest BCUT2D eigenvalue weighted by molar-refractivity contribution is 14.1. The first-order valence-electron chi connectivity index (χ1n) is 4.35. The van der Waals surface area contributed by atoms with Crippen LogP contribution in [-0.4, -0.2) is 9.97 Å². The summed E-state index contributed by atoms with van der Waals surface area (Å²) in [6.07, 6.45) is 5.74. The molecule has 0 aliphatic rings. The Morgan fingerprint density at radius 2 is 2.14 bits per heavy atom. The SMILES string of the molecule is Ic1c[nH]c2cc3cnccc3cc12. The molecule has 0 atom stereocenters. The van der Waals surface area contributed by atoms with Crippen LogP contribution in [0.4, 0.5) is 0 Å². The molecule has 68 valence electrons. The predicted octanol–water partition coefficient (Wildman–Crippen LogP) is 3.32. The minimum atomic E-state index is 1.18. The molecule has 0 amide bonds. The molecule has 0 unspecified atom stereocenters. The van der Waals surface area contributed by atoms with Gasteiger partial charge < -0.3 is 4.98 Å². The van der Waals surface area contributed by atoms with Crippen molar-refractivity contribution in [3.8, 4) is 0 Å².